The van der Waals surface area contributed by atoms with Crippen molar-refractivity contribution in [2.24, 2.45) is 5.92 Å². The molecule has 14 heavy (non-hydrogen) atoms. The van der Waals surface area contributed by atoms with Crippen molar-refractivity contribution >= 4 is 5.97 Å². The Hall–Kier alpha value is -1.59. The van der Waals surface area contributed by atoms with Gasteiger partial charge in [-0.3, -0.25) is 9.36 Å². The standard InChI is InChI=1S/C8H13N3O3/c1-6(2)3-10-5-9-11(8(10)14)4-7(12)13/h5-6H,3-4H2,1-2H3,(H,12,13). The topological polar surface area (TPSA) is 77.1 Å². The molecule has 0 saturated heterocycles. The van der Waals surface area contributed by atoms with E-state index in [2.05, 4.69) is 5.10 Å². The fraction of sp³-hybridized carbons (Fsp3) is 0.625. The average molecular weight is 199 g/mol. The van der Waals surface area contributed by atoms with Crippen molar-refractivity contribution in [3.05, 3.63) is 16.8 Å². The van der Waals surface area contributed by atoms with Crippen LogP contribution in [0.2, 0.25) is 0 Å². The Balaban J connectivity index is 2.86. The molecule has 0 amide bonds. The molecule has 0 atom stereocenters. The Kier molecular flexibility index (Phi) is 3.06. The van der Waals surface area contributed by atoms with E-state index in [1.807, 2.05) is 13.8 Å². The zero-order valence-electron chi connectivity index (χ0n) is 8.17. The lowest BCUT2D eigenvalue weighted by atomic mass is 10.2. The number of hydrogen-bond donors (Lipinski definition) is 1. The molecular formula is C8H13N3O3. The zero-order chi connectivity index (χ0) is 10.7. The summed E-state index contributed by atoms with van der Waals surface area (Å²) in [5.74, 6) is -0.739. The maximum atomic E-state index is 11.4. The molecule has 1 N–H and O–H groups in total. The molecule has 0 aromatic carbocycles. The minimum atomic E-state index is -1.07. The van der Waals surface area contributed by atoms with Crippen molar-refractivity contribution in [1.82, 2.24) is 14.3 Å². The molecule has 0 aliphatic heterocycles. The van der Waals surface area contributed by atoms with Crippen molar-refractivity contribution in [2.75, 3.05) is 0 Å². The summed E-state index contributed by atoms with van der Waals surface area (Å²) in [6, 6.07) is 0. The van der Waals surface area contributed by atoms with Crippen LogP contribution in [-0.2, 0) is 17.9 Å². The number of carboxylic acids is 1. The van der Waals surface area contributed by atoms with Crippen LogP contribution in [0.3, 0.4) is 0 Å². The molecule has 1 aromatic rings. The minimum Gasteiger partial charge on any atom is -0.480 e. The van der Waals surface area contributed by atoms with Crippen LogP contribution in [0, 0.1) is 5.92 Å². The van der Waals surface area contributed by atoms with Crippen LogP contribution in [0.1, 0.15) is 13.8 Å². The van der Waals surface area contributed by atoms with Crippen molar-refractivity contribution in [3.8, 4) is 0 Å². The second kappa shape index (κ2) is 4.08. The SMILES string of the molecule is CC(C)Cn1cnn(CC(=O)O)c1=O. The highest BCUT2D eigenvalue weighted by Crippen LogP contribution is 1.94. The summed E-state index contributed by atoms with van der Waals surface area (Å²) in [6.45, 7) is 4.12. The van der Waals surface area contributed by atoms with Crippen LogP contribution in [0.4, 0.5) is 0 Å². The summed E-state index contributed by atoms with van der Waals surface area (Å²) in [7, 11) is 0. The summed E-state index contributed by atoms with van der Waals surface area (Å²) in [5.41, 5.74) is -0.374. The molecule has 0 aliphatic carbocycles. The first-order chi connectivity index (χ1) is 6.50. The monoisotopic (exact) mass is 199 g/mol. The number of carboxylic acid groups (broad SMARTS) is 1. The van der Waals surface area contributed by atoms with Crippen LogP contribution < -0.4 is 5.69 Å². The van der Waals surface area contributed by atoms with Gasteiger partial charge in [-0.15, -0.1) is 0 Å². The lowest BCUT2D eigenvalue weighted by Crippen LogP contribution is -2.28. The van der Waals surface area contributed by atoms with Crippen LogP contribution in [0.15, 0.2) is 11.1 Å². The highest BCUT2D eigenvalue weighted by molar-refractivity contribution is 5.66. The van der Waals surface area contributed by atoms with E-state index < -0.39 is 5.97 Å². The van der Waals surface area contributed by atoms with E-state index in [1.54, 1.807) is 0 Å². The highest BCUT2D eigenvalue weighted by atomic mass is 16.4. The third-order valence-corrected chi connectivity index (χ3v) is 1.64. The molecule has 0 fully saturated rings. The largest absolute Gasteiger partial charge is 0.480 e. The predicted molar refractivity (Wildman–Crippen MR) is 49.0 cm³/mol. The lowest BCUT2D eigenvalue weighted by molar-refractivity contribution is -0.137. The molecule has 0 spiro atoms. The van der Waals surface area contributed by atoms with Crippen LogP contribution in [0.5, 0.6) is 0 Å². The molecule has 0 unspecified atom stereocenters. The molecule has 6 heteroatoms. The van der Waals surface area contributed by atoms with Crippen molar-refractivity contribution < 1.29 is 9.90 Å². The van der Waals surface area contributed by atoms with Gasteiger partial charge in [-0.1, -0.05) is 13.8 Å². The van der Waals surface area contributed by atoms with E-state index >= 15 is 0 Å². The summed E-state index contributed by atoms with van der Waals surface area (Å²) < 4.78 is 2.35. The van der Waals surface area contributed by atoms with Crippen LogP contribution in [0.25, 0.3) is 0 Å². The van der Waals surface area contributed by atoms with Gasteiger partial charge in [-0.05, 0) is 5.92 Å². The summed E-state index contributed by atoms with van der Waals surface area (Å²) in [5, 5.41) is 12.2. The highest BCUT2D eigenvalue weighted by Gasteiger charge is 2.08. The van der Waals surface area contributed by atoms with E-state index in [0.29, 0.717) is 12.5 Å². The first kappa shape index (κ1) is 10.5. The van der Waals surface area contributed by atoms with E-state index in [9.17, 15) is 9.59 Å². The Bertz CT molecular complexity index is 377. The van der Waals surface area contributed by atoms with Gasteiger partial charge in [-0.2, -0.15) is 5.10 Å². The molecule has 1 aromatic heterocycles. The predicted octanol–water partition coefficient (Wildman–Crippen LogP) is -0.215. The van der Waals surface area contributed by atoms with Crippen LogP contribution >= 0.6 is 0 Å². The number of nitrogens with zero attached hydrogens (tertiary/aromatic N) is 3. The Labute approximate surface area is 80.8 Å². The molecule has 0 radical (unpaired) electrons. The molecule has 1 heterocycles. The number of rotatable bonds is 4. The van der Waals surface area contributed by atoms with Crippen LogP contribution in [-0.4, -0.2) is 25.4 Å². The third kappa shape index (κ3) is 2.45. The van der Waals surface area contributed by atoms with Gasteiger partial charge in [-0.25, -0.2) is 9.48 Å². The number of carbonyl (C=O) groups is 1. The van der Waals surface area contributed by atoms with E-state index in [0.717, 1.165) is 4.68 Å². The maximum Gasteiger partial charge on any atom is 0.346 e. The minimum absolute atomic E-state index is 0.329. The van der Waals surface area contributed by atoms with Crippen molar-refractivity contribution in [2.45, 2.75) is 26.9 Å². The fourth-order valence-electron chi connectivity index (χ4n) is 1.13. The molecule has 78 valence electrons. The van der Waals surface area contributed by atoms with Gasteiger partial charge in [0.05, 0.1) is 0 Å². The van der Waals surface area contributed by atoms with Gasteiger partial charge in [0.2, 0.25) is 0 Å². The fourth-order valence-corrected chi connectivity index (χ4v) is 1.13. The normalized spacial score (nSPS) is 10.8. The second-order valence-electron chi connectivity index (χ2n) is 3.51. The lowest BCUT2D eigenvalue weighted by Gasteiger charge is -2.02. The molecule has 0 aliphatic rings. The Morgan fingerprint density at radius 2 is 2.29 bits per heavy atom. The molecule has 0 bridgehead atoms. The van der Waals surface area contributed by atoms with E-state index in [-0.39, 0.29) is 12.2 Å². The summed E-state index contributed by atoms with van der Waals surface area (Å²) in [6.07, 6.45) is 1.37. The Morgan fingerprint density at radius 1 is 1.64 bits per heavy atom. The third-order valence-electron chi connectivity index (χ3n) is 1.64. The smallest absolute Gasteiger partial charge is 0.346 e. The molecule has 1 rings (SSSR count). The van der Waals surface area contributed by atoms with Gasteiger partial charge >= 0.3 is 11.7 Å². The first-order valence-corrected chi connectivity index (χ1v) is 4.34. The van der Waals surface area contributed by atoms with E-state index in [1.165, 1.54) is 10.9 Å². The quantitative estimate of drug-likeness (QED) is 0.727. The van der Waals surface area contributed by atoms with E-state index in [4.69, 9.17) is 5.11 Å². The van der Waals surface area contributed by atoms with Crippen molar-refractivity contribution in [3.63, 3.8) is 0 Å². The summed E-state index contributed by atoms with van der Waals surface area (Å²) in [4.78, 5) is 21.8. The maximum absolute atomic E-state index is 11.4. The van der Waals surface area contributed by atoms with Gasteiger partial charge in [0.1, 0.15) is 12.9 Å². The molecule has 6 nitrogen and oxygen atoms in total. The number of aromatic nitrogens is 3. The molecular weight excluding hydrogens is 186 g/mol. The van der Waals surface area contributed by atoms with Gasteiger partial charge < -0.3 is 5.11 Å². The first-order valence-electron chi connectivity index (χ1n) is 4.34. The van der Waals surface area contributed by atoms with Gasteiger partial charge in [0.25, 0.3) is 0 Å². The summed E-state index contributed by atoms with van der Waals surface area (Å²) >= 11 is 0. The zero-order valence-corrected chi connectivity index (χ0v) is 8.17. The second-order valence-corrected chi connectivity index (χ2v) is 3.51. The van der Waals surface area contributed by atoms with Gasteiger partial charge in [0, 0.05) is 6.54 Å². The van der Waals surface area contributed by atoms with Gasteiger partial charge in [0.15, 0.2) is 0 Å². The van der Waals surface area contributed by atoms with Crippen molar-refractivity contribution in [1.29, 1.82) is 0 Å². The number of hydrogen-bond acceptors (Lipinski definition) is 3. The molecule has 0 saturated carbocycles. The average Bonchev–Trinajstić information content (AvgIpc) is 2.34. The number of aliphatic carboxylic acids is 1. The Morgan fingerprint density at radius 3 is 2.79 bits per heavy atom.